The highest BCUT2D eigenvalue weighted by Gasteiger charge is 2.26. The summed E-state index contributed by atoms with van der Waals surface area (Å²) in [5.41, 5.74) is 8.04. The van der Waals surface area contributed by atoms with Crippen LogP contribution in [0, 0.1) is 6.92 Å². The lowest BCUT2D eigenvalue weighted by molar-refractivity contribution is -0.120. The number of hydrogen-bond acceptors (Lipinski definition) is 3. The Morgan fingerprint density at radius 2 is 2.06 bits per heavy atom. The summed E-state index contributed by atoms with van der Waals surface area (Å²) in [6.45, 7) is 5.62. The SMILES string of the molecule is CCC(C)(N)C(=O)Nc1ccc(N(C)C)cc1C. The Kier molecular flexibility index (Phi) is 4.35. The van der Waals surface area contributed by atoms with Gasteiger partial charge in [-0.1, -0.05) is 6.92 Å². The van der Waals surface area contributed by atoms with E-state index in [0.717, 1.165) is 16.9 Å². The van der Waals surface area contributed by atoms with Crippen LogP contribution >= 0.6 is 0 Å². The van der Waals surface area contributed by atoms with E-state index in [1.807, 2.05) is 51.0 Å². The highest BCUT2D eigenvalue weighted by atomic mass is 16.2. The van der Waals surface area contributed by atoms with Gasteiger partial charge in [-0.2, -0.15) is 0 Å². The van der Waals surface area contributed by atoms with Gasteiger partial charge in [-0.15, -0.1) is 0 Å². The van der Waals surface area contributed by atoms with Crippen molar-refractivity contribution in [2.45, 2.75) is 32.7 Å². The summed E-state index contributed by atoms with van der Waals surface area (Å²) in [4.78, 5) is 14.0. The normalized spacial score (nSPS) is 13.9. The highest BCUT2D eigenvalue weighted by Crippen LogP contribution is 2.22. The Balaban J connectivity index is 2.90. The third-order valence-corrected chi connectivity index (χ3v) is 3.23. The van der Waals surface area contributed by atoms with Crippen LogP contribution in [0.1, 0.15) is 25.8 Å². The Labute approximate surface area is 109 Å². The number of nitrogens with zero attached hydrogens (tertiary/aromatic N) is 1. The van der Waals surface area contributed by atoms with E-state index in [4.69, 9.17) is 5.73 Å². The second kappa shape index (κ2) is 5.40. The topological polar surface area (TPSA) is 58.4 Å². The van der Waals surface area contributed by atoms with Crippen molar-refractivity contribution in [3.05, 3.63) is 23.8 Å². The Morgan fingerprint density at radius 1 is 1.44 bits per heavy atom. The number of rotatable bonds is 4. The number of benzene rings is 1. The third-order valence-electron chi connectivity index (χ3n) is 3.23. The lowest BCUT2D eigenvalue weighted by atomic mass is 9.99. The molecule has 1 rings (SSSR count). The molecule has 1 atom stereocenters. The van der Waals surface area contributed by atoms with Crippen molar-refractivity contribution >= 4 is 17.3 Å². The van der Waals surface area contributed by atoms with Crippen LogP contribution in [-0.2, 0) is 4.79 Å². The maximum Gasteiger partial charge on any atom is 0.244 e. The van der Waals surface area contributed by atoms with Crippen LogP contribution in [-0.4, -0.2) is 25.5 Å². The number of hydrogen-bond donors (Lipinski definition) is 2. The van der Waals surface area contributed by atoms with Gasteiger partial charge in [0, 0.05) is 25.5 Å². The van der Waals surface area contributed by atoms with Crippen LogP contribution in [0.3, 0.4) is 0 Å². The van der Waals surface area contributed by atoms with Gasteiger partial charge in [-0.3, -0.25) is 4.79 Å². The number of amides is 1. The fraction of sp³-hybridized carbons (Fsp3) is 0.500. The summed E-state index contributed by atoms with van der Waals surface area (Å²) in [6.07, 6.45) is 0.605. The van der Waals surface area contributed by atoms with Crippen LogP contribution in [0.5, 0.6) is 0 Å². The molecule has 3 N–H and O–H groups in total. The van der Waals surface area contributed by atoms with Gasteiger partial charge >= 0.3 is 0 Å². The van der Waals surface area contributed by atoms with Crippen LogP contribution < -0.4 is 16.0 Å². The fourth-order valence-corrected chi connectivity index (χ4v) is 1.49. The molecule has 0 heterocycles. The van der Waals surface area contributed by atoms with Gasteiger partial charge in [0.2, 0.25) is 5.91 Å². The number of carbonyl (C=O) groups is 1. The maximum absolute atomic E-state index is 12.0. The molecule has 0 fully saturated rings. The second-order valence-corrected chi connectivity index (χ2v) is 5.12. The van der Waals surface area contributed by atoms with E-state index in [-0.39, 0.29) is 5.91 Å². The van der Waals surface area contributed by atoms with Crippen molar-refractivity contribution in [3.8, 4) is 0 Å². The van der Waals surface area contributed by atoms with Crippen molar-refractivity contribution in [1.82, 2.24) is 0 Å². The lowest BCUT2D eigenvalue weighted by Crippen LogP contribution is -2.47. The molecule has 0 radical (unpaired) electrons. The number of carbonyl (C=O) groups excluding carboxylic acids is 1. The minimum absolute atomic E-state index is 0.147. The zero-order chi connectivity index (χ0) is 13.9. The van der Waals surface area contributed by atoms with Crippen LogP contribution in [0.2, 0.25) is 0 Å². The van der Waals surface area contributed by atoms with Crippen molar-refractivity contribution < 1.29 is 4.79 Å². The molecule has 0 aromatic heterocycles. The predicted molar refractivity (Wildman–Crippen MR) is 77.0 cm³/mol. The van der Waals surface area contributed by atoms with E-state index >= 15 is 0 Å². The maximum atomic E-state index is 12.0. The van der Waals surface area contributed by atoms with E-state index in [9.17, 15) is 4.79 Å². The van der Waals surface area contributed by atoms with Crippen LogP contribution in [0.25, 0.3) is 0 Å². The first-order valence-corrected chi connectivity index (χ1v) is 6.16. The van der Waals surface area contributed by atoms with Gasteiger partial charge in [0.05, 0.1) is 5.54 Å². The van der Waals surface area contributed by atoms with Crippen LogP contribution in [0.15, 0.2) is 18.2 Å². The largest absolute Gasteiger partial charge is 0.378 e. The van der Waals surface area contributed by atoms with Gasteiger partial charge in [0.25, 0.3) is 0 Å². The second-order valence-electron chi connectivity index (χ2n) is 5.12. The van der Waals surface area contributed by atoms with Gasteiger partial charge in [-0.05, 0) is 44.0 Å². The molecule has 1 aromatic carbocycles. The summed E-state index contributed by atoms with van der Waals surface area (Å²) in [5, 5.41) is 2.89. The molecule has 0 aliphatic carbocycles. The molecule has 1 amide bonds. The van der Waals surface area contributed by atoms with E-state index in [1.165, 1.54) is 0 Å². The molecule has 4 nitrogen and oxygen atoms in total. The zero-order valence-electron chi connectivity index (χ0n) is 11.9. The average Bonchev–Trinajstić information content (AvgIpc) is 2.31. The minimum atomic E-state index is -0.827. The monoisotopic (exact) mass is 249 g/mol. The van der Waals surface area contributed by atoms with Gasteiger partial charge in [0.15, 0.2) is 0 Å². The summed E-state index contributed by atoms with van der Waals surface area (Å²) in [5.74, 6) is -0.147. The summed E-state index contributed by atoms with van der Waals surface area (Å²) in [6, 6.07) is 5.92. The third kappa shape index (κ3) is 3.23. The number of nitrogens with two attached hydrogens (primary N) is 1. The summed E-state index contributed by atoms with van der Waals surface area (Å²) < 4.78 is 0. The van der Waals surface area contributed by atoms with Gasteiger partial charge in [0.1, 0.15) is 0 Å². The van der Waals surface area contributed by atoms with Crippen molar-refractivity contribution in [3.63, 3.8) is 0 Å². The molecule has 1 aromatic rings. The molecule has 100 valence electrons. The highest BCUT2D eigenvalue weighted by molar-refractivity contribution is 5.98. The minimum Gasteiger partial charge on any atom is -0.378 e. The molecule has 0 saturated carbocycles. The zero-order valence-corrected chi connectivity index (χ0v) is 11.9. The smallest absolute Gasteiger partial charge is 0.244 e. The molecular weight excluding hydrogens is 226 g/mol. The van der Waals surface area contributed by atoms with Gasteiger partial charge in [-0.25, -0.2) is 0 Å². The molecule has 0 aliphatic heterocycles. The molecule has 18 heavy (non-hydrogen) atoms. The van der Waals surface area contributed by atoms with Crippen LogP contribution in [0.4, 0.5) is 11.4 Å². The fourth-order valence-electron chi connectivity index (χ4n) is 1.49. The van der Waals surface area contributed by atoms with Crippen molar-refractivity contribution in [2.75, 3.05) is 24.3 Å². The lowest BCUT2D eigenvalue weighted by Gasteiger charge is -2.22. The summed E-state index contributed by atoms with van der Waals surface area (Å²) in [7, 11) is 3.97. The Hall–Kier alpha value is -1.55. The molecule has 1 unspecified atom stereocenters. The van der Waals surface area contributed by atoms with E-state index in [2.05, 4.69) is 5.32 Å². The Morgan fingerprint density at radius 3 is 2.50 bits per heavy atom. The number of aryl methyl sites for hydroxylation is 1. The standard InChI is InChI=1S/C14H23N3O/c1-6-14(3,15)13(18)16-12-8-7-11(17(4)5)9-10(12)2/h7-9H,6,15H2,1-5H3,(H,16,18). The molecular formula is C14H23N3O. The first-order chi connectivity index (χ1) is 8.27. The van der Waals surface area contributed by atoms with Gasteiger partial charge < -0.3 is 16.0 Å². The number of nitrogens with one attached hydrogen (secondary N) is 1. The molecule has 0 spiro atoms. The Bertz CT molecular complexity index is 439. The van der Waals surface area contributed by atoms with E-state index in [1.54, 1.807) is 6.92 Å². The van der Waals surface area contributed by atoms with Crippen molar-refractivity contribution in [2.24, 2.45) is 5.73 Å². The number of anilines is 2. The quantitative estimate of drug-likeness (QED) is 0.859. The first kappa shape index (κ1) is 14.5. The average molecular weight is 249 g/mol. The molecule has 4 heteroatoms. The molecule has 0 aliphatic rings. The van der Waals surface area contributed by atoms with E-state index < -0.39 is 5.54 Å². The molecule has 0 bridgehead atoms. The predicted octanol–water partition coefficient (Wildman–Crippen LogP) is 2.13. The molecule has 0 saturated heterocycles. The summed E-state index contributed by atoms with van der Waals surface area (Å²) >= 11 is 0. The van der Waals surface area contributed by atoms with E-state index in [0.29, 0.717) is 6.42 Å². The first-order valence-electron chi connectivity index (χ1n) is 6.16. The van der Waals surface area contributed by atoms with Crippen molar-refractivity contribution in [1.29, 1.82) is 0 Å².